The number of benzene rings is 2. The quantitative estimate of drug-likeness (QED) is 0.717. The van der Waals surface area contributed by atoms with Crippen molar-refractivity contribution < 1.29 is 9.90 Å². The SMILES string of the molecule is O=C(O)c1cccc2c1Sc1ccccc1S2. The first kappa shape index (κ1) is 10.7. The highest BCUT2D eigenvalue weighted by molar-refractivity contribution is 8.05. The number of carbonyl (C=O) groups is 1. The average molecular weight is 260 g/mol. The number of hydrogen-bond acceptors (Lipinski definition) is 3. The fourth-order valence-corrected chi connectivity index (χ4v) is 4.09. The van der Waals surface area contributed by atoms with Crippen molar-refractivity contribution in [3.63, 3.8) is 0 Å². The van der Waals surface area contributed by atoms with Crippen molar-refractivity contribution in [1.82, 2.24) is 0 Å². The van der Waals surface area contributed by atoms with Gasteiger partial charge < -0.3 is 5.11 Å². The molecule has 1 aliphatic rings. The van der Waals surface area contributed by atoms with Gasteiger partial charge in [0.1, 0.15) is 0 Å². The van der Waals surface area contributed by atoms with Crippen molar-refractivity contribution in [3.05, 3.63) is 48.0 Å². The Morgan fingerprint density at radius 2 is 1.53 bits per heavy atom. The van der Waals surface area contributed by atoms with E-state index in [-0.39, 0.29) is 0 Å². The normalized spacial score (nSPS) is 12.7. The molecule has 17 heavy (non-hydrogen) atoms. The summed E-state index contributed by atoms with van der Waals surface area (Å²) >= 11 is 3.17. The lowest BCUT2D eigenvalue weighted by Crippen LogP contribution is -2.01. The van der Waals surface area contributed by atoms with Gasteiger partial charge in [0.05, 0.1) is 5.56 Å². The van der Waals surface area contributed by atoms with Crippen LogP contribution in [-0.2, 0) is 0 Å². The van der Waals surface area contributed by atoms with E-state index >= 15 is 0 Å². The van der Waals surface area contributed by atoms with Gasteiger partial charge in [-0.2, -0.15) is 0 Å². The second-order valence-corrected chi connectivity index (χ2v) is 5.72. The topological polar surface area (TPSA) is 37.3 Å². The van der Waals surface area contributed by atoms with Crippen molar-refractivity contribution in [3.8, 4) is 0 Å². The Balaban J connectivity index is 2.15. The van der Waals surface area contributed by atoms with Crippen molar-refractivity contribution in [2.75, 3.05) is 0 Å². The summed E-state index contributed by atoms with van der Waals surface area (Å²) in [6.07, 6.45) is 0. The van der Waals surface area contributed by atoms with Gasteiger partial charge in [-0.15, -0.1) is 0 Å². The fraction of sp³-hybridized carbons (Fsp3) is 0. The van der Waals surface area contributed by atoms with Gasteiger partial charge in [0.25, 0.3) is 0 Å². The molecule has 0 atom stereocenters. The predicted molar refractivity (Wildman–Crippen MR) is 68.1 cm³/mol. The molecule has 84 valence electrons. The molecule has 3 rings (SSSR count). The molecule has 0 aliphatic carbocycles. The minimum atomic E-state index is -0.866. The Bertz CT molecular complexity index is 608. The Labute approximate surface area is 107 Å². The lowest BCUT2D eigenvalue weighted by Gasteiger charge is -2.19. The Kier molecular flexibility index (Phi) is 2.61. The number of carboxylic acids is 1. The zero-order valence-electron chi connectivity index (χ0n) is 8.71. The van der Waals surface area contributed by atoms with Crippen molar-refractivity contribution in [1.29, 1.82) is 0 Å². The Hall–Kier alpha value is -1.39. The molecular weight excluding hydrogens is 252 g/mol. The molecule has 2 aromatic rings. The van der Waals surface area contributed by atoms with E-state index in [1.165, 1.54) is 16.7 Å². The average Bonchev–Trinajstić information content (AvgIpc) is 2.35. The summed E-state index contributed by atoms with van der Waals surface area (Å²) in [5, 5.41) is 9.17. The van der Waals surface area contributed by atoms with Crippen LogP contribution < -0.4 is 0 Å². The van der Waals surface area contributed by atoms with Crippen molar-refractivity contribution >= 4 is 29.5 Å². The molecular formula is C13H8O2S2. The molecule has 1 N–H and O–H groups in total. The highest BCUT2D eigenvalue weighted by Crippen LogP contribution is 2.49. The van der Waals surface area contributed by atoms with Gasteiger partial charge in [-0.05, 0) is 24.3 Å². The molecule has 0 bridgehead atoms. The highest BCUT2D eigenvalue weighted by atomic mass is 32.2. The third-order valence-electron chi connectivity index (χ3n) is 2.49. The Morgan fingerprint density at radius 3 is 2.24 bits per heavy atom. The first-order chi connectivity index (χ1) is 8.25. The molecule has 0 fully saturated rings. The number of carboxylic acid groups (broad SMARTS) is 1. The van der Waals surface area contributed by atoms with Gasteiger partial charge in [-0.1, -0.05) is 41.7 Å². The zero-order chi connectivity index (χ0) is 11.8. The smallest absolute Gasteiger partial charge is 0.336 e. The Morgan fingerprint density at radius 1 is 0.882 bits per heavy atom. The monoisotopic (exact) mass is 260 g/mol. The number of fused-ring (bicyclic) bond motifs is 2. The van der Waals surface area contributed by atoms with Crippen LogP contribution in [0.2, 0.25) is 0 Å². The van der Waals surface area contributed by atoms with Crippen LogP contribution in [0.3, 0.4) is 0 Å². The molecule has 2 nitrogen and oxygen atoms in total. The number of aromatic carboxylic acids is 1. The number of hydrogen-bond donors (Lipinski definition) is 1. The van der Waals surface area contributed by atoms with E-state index in [0.29, 0.717) is 5.56 Å². The lowest BCUT2D eigenvalue weighted by atomic mass is 10.2. The standard InChI is InChI=1S/C13H8O2S2/c14-13(15)8-4-3-7-11-12(8)17-10-6-2-1-5-9(10)16-11/h1-7H,(H,14,15). The van der Waals surface area contributed by atoms with Crippen LogP contribution in [0.25, 0.3) is 0 Å². The molecule has 0 radical (unpaired) electrons. The zero-order valence-corrected chi connectivity index (χ0v) is 10.3. The second kappa shape index (κ2) is 4.13. The molecule has 1 heterocycles. The third kappa shape index (κ3) is 1.83. The van der Waals surface area contributed by atoms with E-state index in [1.807, 2.05) is 24.3 Å². The molecule has 1 aliphatic heterocycles. The van der Waals surface area contributed by atoms with Crippen LogP contribution in [0.15, 0.2) is 62.0 Å². The van der Waals surface area contributed by atoms with E-state index in [9.17, 15) is 4.79 Å². The van der Waals surface area contributed by atoms with Crippen LogP contribution >= 0.6 is 23.5 Å². The minimum Gasteiger partial charge on any atom is -0.478 e. The third-order valence-corrected chi connectivity index (χ3v) is 5.10. The summed E-state index contributed by atoms with van der Waals surface area (Å²) < 4.78 is 0. The van der Waals surface area contributed by atoms with Crippen LogP contribution in [0, 0.1) is 0 Å². The molecule has 0 amide bonds. The van der Waals surface area contributed by atoms with E-state index < -0.39 is 5.97 Å². The number of rotatable bonds is 1. The van der Waals surface area contributed by atoms with Gasteiger partial charge in [0.15, 0.2) is 0 Å². The van der Waals surface area contributed by atoms with E-state index in [1.54, 1.807) is 23.9 Å². The lowest BCUT2D eigenvalue weighted by molar-refractivity contribution is 0.0692. The summed E-state index contributed by atoms with van der Waals surface area (Å²) in [4.78, 5) is 15.3. The molecule has 2 aromatic carbocycles. The molecule has 0 aromatic heterocycles. The molecule has 0 spiro atoms. The molecule has 0 saturated heterocycles. The first-order valence-electron chi connectivity index (χ1n) is 5.07. The maximum absolute atomic E-state index is 11.2. The minimum absolute atomic E-state index is 0.384. The van der Waals surface area contributed by atoms with Gasteiger partial charge >= 0.3 is 5.97 Å². The summed E-state index contributed by atoms with van der Waals surface area (Å²) in [6.45, 7) is 0. The van der Waals surface area contributed by atoms with E-state index in [4.69, 9.17) is 5.11 Å². The maximum atomic E-state index is 11.2. The van der Waals surface area contributed by atoms with Gasteiger partial charge in [-0.25, -0.2) is 4.79 Å². The van der Waals surface area contributed by atoms with Gasteiger partial charge in [-0.3, -0.25) is 0 Å². The summed E-state index contributed by atoms with van der Waals surface area (Å²) in [7, 11) is 0. The maximum Gasteiger partial charge on any atom is 0.336 e. The predicted octanol–water partition coefficient (Wildman–Crippen LogP) is 4.00. The fourth-order valence-electron chi connectivity index (χ4n) is 1.72. The van der Waals surface area contributed by atoms with Crippen LogP contribution in [0.5, 0.6) is 0 Å². The molecule has 0 saturated carbocycles. The summed E-state index contributed by atoms with van der Waals surface area (Å²) in [6, 6.07) is 13.5. The highest BCUT2D eigenvalue weighted by Gasteiger charge is 2.21. The first-order valence-corrected chi connectivity index (χ1v) is 6.70. The van der Waals surface area contributed by atoms with Gasteiger partial charge in [0, 0.05) is 19.6 Å². The van der Waals surface area contributed by atoms with Crippen LogP contribution in [0.1, 0.15) is 10.4 Å². The van der Waals surface area contributed by atoms with Crippen LogP contribution in [-0.4, -0.2) is 11.1 Å². The molecule has 0 unspecified atom stereocenters. The van der Waals surface area contributed by atoms with Gasteiger partial charge in [0.2, 0.25) is 0 Å². The van der Waals surface area contributed by atoms with Crippen LogP contribution in [0.4, 0.5) is 0 Å². The molecule has 4 heteroatoms. The largest absolute Gasteiger partial charge is 0.478 e. The van der Waals surface area contributed by atoms with E-state index in [0.717, 1.165) is 14.7 Å². The second-order valence-electron chi connectivity index (χ2n) is 3.59. The van der Waals surface area contributed by atoms with E-state index in [2.05, 4.69) is 6.07 Å². The van der Waals surface area contributed by atoms with Crippen molar-refractivity contribution in [2.45, 2.75) is 19.6 Å². The van der Waals surface area contributed by atoms with Crippen molar-refractivity contribution in [2.24, 2.45) is 0 Å². The summed E-state index contributed by atoms with van der Waals surface area (Å²) in [5.41, 5.74) is 0.384. The summed E-state index contributed by atoms with van der Waals surface area (Å²) in [5.74, 6) is -0.866.